The molecule has 2 aromatic heterocycles. The van der Waals surface area contributed by atoms with Crippen LogP contribution in [0.25, 0.3) is 0 Å². The van der Waals surface area contributed by atoms with Gasteiger partial charge >= 0.3 is 0 Å². The largest absolute Gasteiger partial charge is 0.485 e. The van der Waals surface area contributed by atoms with Gasteiger partial charge in [-0.2, -0.15) is 0 Å². The highest BCUT2D eigenvalue weighted by Gasteiger charge is 2.38. The van der Waals surface area contributed by atoms with Gasteiger partial charge in [0.1, 0.15) is 24.2 Å². The SMILES string of the molecule is Cc1ccc([C@@H](C(=O)NCc2ccco2)N(Cc2ccco2)C(=O)[C@H]2COc3ccccc3O2)cc1. The Balaban J connectivity index is 1.48. The zero-order valence-corrected chi connectivity index (χ0v) is 19.8. The van der Waals surface area contributed by atoms with Crippen molar-refractivity contribution in [3.8, 4) is 11.5 Å². The Hall–Kier alpha value is -4.46. The topological polar surface area (TPSA) is 94.2 Å². The number of para-hydroxylation sites is 2. The van der Waals surface area contributed by atoms with Crippen molar-refractivity contribution < 1.29 is 27.9 Å². The van der Waals surface area contributed by atoms with Crippen molar-refractivity contribution in [1.82, 2.24) is 10.2 Å². The standard InChI is InChI=1S/C28H26N2O6/c1-19-10-12-20(13-11-19)26(27(31)29-16-21-6-4-14-33-21)30(17-22-7-5-15-34-22)28(32)25-18-35-23-8-2-3-9-24(23)36-25/h2-15,25-26H,16-18H2,1H3,(H,29,31)/t25-,26+/m1/s1. The minimum absolute atomic E-state index is 0.0269. The van der Waals surface area contributed by atoms with E-state index < -0.39 is 12.1 Å². The van der Waals surface area contributed by atoms with Gasteiger partial charge in [-0.3, -0.25) is 9.59 Å². The number of aryl methyl sites for hydroxylation is 1. The third-order valence-corrected chi connectivity index (χ3v) is 5.94. The zero-order chi connectivity index (χ0) is 24.9. The normalized spacial score (nSPS) is 15.2. The molecule has 2 amide bonds. The molecule has 1 aliphatic heterocycles. The number of rotatable bonds is 8. The fourth-order valence-corrected chi connectivity index (χ4v) is 4.10. The highest BCUT2D eigenvalue weighted by atomic mass is 16.6. The summed E-state index contributed by atoms with van der Waals surface area (Å²) in [5, 5.41) is 2.90. The Kier molecular flexibility index (Phi) is 6.75. The number of benzene rings is 2. The van der Waals surface area contributed by atoms with E-state index in [9.17, 15) is 9.59 Å². The van der Waals surface area contributed by atoms with E-state index in [1.807, 2.05) is 43.3 Å². The lowest BCUT2D eigenvalue weighted by Crippen LogP contribution is -2.50. The van der Waals surface area contributed by atoms with Crippen molar-refractivity contribution in [3.05, 3.63) is 108 Å². The molecule has 2 atom stereocenters. The summed E-state index contributed by atoms with van der Waals surface area (Å²) in [6.45, 7) is 2.25. The molecule has 0 bridgehead atoms. The summed E-state index contributed by atoms with van der Waals surface area (Å²) >= 11 is 0. The second kappa shape index (κ2) is 10.4. The van der Waals surface area contributed by atoms with Crippen LogP contribution in [0.1, 0.15) is 28.7 Å². The number of nitrogens with one attached hydrogen (secondary N) is 1. The molecule has 0 unspecified atom stereocenters. The number of hydrogen-bond acceptors (Lipinski definition) is 6. The summed E-state index contributed by atoms with van der Waals surface area (Å²) in [7, 11) is 0. The number of nitrogens with zero attached hydrogens (tertiary/aromatic N) is 1. The molecule has 0 fully saturated rings. The van der Waals surface area contributed by atoms with Gasteiger partial charge in [-0.25, -0.2) is 0 Å². The first kappa shape index (κ1) is 23.3. The quantitative estimate of drug-likeness (QED) is 0.397. The van der Waals surface area contributed by atoms with Gasteiger partial charge in [0.25, 0.3) is 5.91 Å². The second-order valence-electron chi connectivity index (χ2n) is 8.52. The molecule has 8 nitrogen and oxygen atoms in total. The molecule has 0 aliphatic carbocycles. The highest BCUT2D eigenvalue weighted by molar-refractivity contribution is 5.90. The lowest BCUT2D eigenvalue weighted by atomic mass is 10.0. The maximum Gasteiger partial charge on any atom is 0.268 e. The van der Waals surface area contributed by atoms with Crippen molar-refractivity contribution in [3.63, 3.8) is 0 Å². The van der Waals surface area contributed by atoms with Gasteiger partial charge in [0.05, 0.1) is 25.6 Å². The molecule has 5 rings (SSSR count). The van der Waals surface area contributed by atoms with E-state index in [-0.39, 0.29) is 31.5 Å². The molecule has 0 radical (unpaired) electrons. The maximum absolute atomic E-state index is 13.9. The van der Waals surface area contributed by atoms with Gasteiger partial charge in [-0.1, -0.05) is 42.0 Å². The van der Waals surface area contributed by atoms with Crippen LogP contribution in [0.3, 0.4) is 0 Å². The number of fused-ring (bicyclic) bond motifs is 1. The number of carbonyl (C=O) groups excluding carboxylic acids is 2. The highest BCUT2D eigenvalue weighted by Crippen LogP contribution is 2.33. The van der Waals surface area contributed by atoms with E-state index in [1.165, 1.54) is 11.2 Å². The Morgan fingerprint density at radius 1 is 0.917 bits per heavy atom. The van der Waals surface area contributed by atoms with Gasteiger partial charge < -0.3 is 28.5 Å². The van der Waals surface area contributed by atoms with Crippen LogP contribution in [-0.4, -0.2) is 29.4 Å². The third-order valence-electron chi connectivity index (χ3n) is 5.94. The summed E-state index contributed by atoms with van der Waals surface area (Å²) in [6.07, 6.45) is 2.15. The van der Waals surface area contributed by atoms with Crippen molar-refractivity contribution in [2.24, 2.45) is 0 Å². The van der Waals surface area contributed by atoms with Crippen LogP contribution < -0.4 is 14.8 Å². The van der Waals surface area contributed by atoms with E-state index >= 15 is 0 Å². The number of furan rings is 2. The monoisotopic (exact) mass is 486 g/mol. The van der Waals surface area contributed by atoms with E-state index in [0.29, 0.717) is 28.6 Å². The van der Waals surface area contributed by atoms with Gasteiger partial charge in [-0.05, 0) is 48.9 Å². The minimum atomic E-state index is -0.945. The first-order chi connectivity index (χ1) is 17.6. The van der Waals surface area contributed by atoms with Gasteiger partial charge in [0, 0.05) is 0 Å². The van der Waals surface area contributed by atoms with Crippen molar-refractivity contribution in [2.75, 3.05) is 6.61 Å². The fraction of sp³-hybridized carbons (Fsp3) is 0.214. The molecule has 8 heteroatoms. The summed E-state index contributed by atoms with van der Waals surface area (Å²) in [5.74, 6) is 1.46. The number of amides is 2. The molecular formula is C28H26N2O6. The van der Waals surface area contributed by atoms with E-state index in [2.05, 4.69) is 5.32 Å². The molecule has 2 aromatic carbocycles. The van der Waals surface area contributed by atoms with Crippen LogP contribution in [-0.2, 0) is 22.7 Å². The second-order valence-corrected chi connectivity index (χ2v) is 8.52. The molecule has 0 saturated carbocycles. The summed E-state index contributed by atoms with van der Waals surface area (Å²) in [4.78, 5) is 29.0. The molecule has 4 aromatic rings. The third kappa shape index (κ3) is 5.12. The van der Waals surface area contributed by atoms with Gasteiger partial charge in [0.2, 0.25) is 12.0 Å². The smallest absolute Gasteiger partial charge is 0.268 e. The van der Waals surface area contributed by atoms with E-state index in [0.717, 1.165) is 5.56 Å². The zero-order valence-electron chi connectivity index (χ0n) is 19.8. The van der Waals surface area contributed by atoms with Crippen LogP contribution in [0.2, 0.25) is 0 Å². The average Bonchev–Trinajstić information content (AvgIpc) is 3.62. The van der Waals surface area contributed by atoms with Gasteiger partial charge in [-0.15, -0.1) is 0 Å². The van der Waals surface area contributed by atoms with Crippen LogP contribution in [0.15, 0.2) is 94.2 Å². The predicted molar refractivity (Wildman–Crippen MR) is 130 cm³/mol. The molecule has 36 heavy (non-hydrogen) atoms. The maximum atomic E-state index is 13.9. The molecule has 3 heterocycles. The van der Waals surface area contributed by atoms with Crippen molar-refractivity contribution in [2.45, 2.75) is 32.2 Å². The van der Waals surface area contributed by atoms with E-state index in [1.54, 1.807) is 42.7 Å². The van der Waals surface area contributed by atoms with E-state index in [4.69, 9.17) is 18.3 Å². The summed E-state index contributed by atoms with van der Waals surface area (Å²) in [6, 6.07) is 20.8. The van der Waals surface area contributed by atoms with Crippen LogP contribution in [0.4, 0.5) is 0 Å². The lowest BCUT2D eigenvalue weighted by Gasteiger charge is -2.35. The van der Waals surface area contributed by atoms with Crippen LogP contribution >= 0.6 is 0 Å². The first-order valence-electron chi connectivity index (χ1n) is 11.7. The summed E-state index contributed by atoms with van der Waals surface area (Å²) < 4.78 is 22.7. The number of ether oxygens (including phenoxy) is 2. The Labute approximate surface area is 208 Å². The Bertz CT molecular complexity index is 1300. The van der Waals surface area contributed by atoms with Gasteiger partial charge in [0.15, 0.2) is 11.5 Å². The Morgan fingerprint density at radius 3 is 2.31 bits per heavy atom. The fourth-order valence-electron chi connectivity index (χ4n) is 4.10. The molecule has 0 saturated heterocycles. The molecule has 184 valence electrons. The molecule has 1 aliphatic rings. The van der Waals surface area contributed by atoms with Crippen LogP contribution in [0, 0.1) is 6.92 Å². The van der Waals surface area contributed by atoms with Crippen molar-refractivity contribution in [1.29, 1.82) is 0 Å². The number of carbonyl (C=O) groups is 2. The lowest BCUT2D eigenvalue weighted by molar-refractivity contribution is -0.149. The molecule has 1 N–H and O–H groups in total. The summed E-state index contributed by atoms with van der Waals surface area (Å²) in [5.41, 5.74) is 1.70. The minimum Gasteiger partial charge on any atom is -0.485 e. The van der Waals surface area contributed by atoms with Crippen LogP contribution in [0.5, 0.6) is 11.5 Å². The Morgan fingerprint density at radius 2 is 1.61 bits per heavy atom. The number of hydrogen-bond donors (Lipinski definition) is 1. The molecular weight excluding hydrogens is 460 g/mol. The first-order valence-corrected chi connectivity index (χ1v) is 11.7. The average molecular weight is 487 g/mol. The van der Waals surface area contributed by atoms with Crippen molar-refractivity contribution >= 4 is 11.8 Å². The predicted octanol–water partition coefficient (Wildman–Crippen LogP) is 4.41. The molecule has 0 spiro atoms.